The standard InChI is InChI=1S/C18H19N3O7S3/c1-11-9-29-18(19-11)30-15-4-3-12(21(24)25)7-14(15)17(23)28-8-16(22)20(2)13-5-6-31(26,27)10-13/h3-4,7,9,13H,5-6,8,10H2,1-2H3/t13-/m1/s1. The molecule has 0 spiro atoms. The lowest BCUT2D eigenvalue weighted by atomic mass is 10.2. The first-order chi connectivity index (χ1) is 14.6. The van der Waals surface area contributed by atoms with Crippen LogP contribution in [0.4, 0.5) is 5.69 Å². The van der Waals surface area contributed by atoms with Crippen molar-refractivity contribution in [2.75, 3.05) is 25.2 Å². The third kappa shape index (κ3) is 5.80. The highest BCUT2D eigenvalue weighted by atomic mass is 32.2. The monoisotopic (exact) mass is 485 g/mol. The van der Waals surface area contributed by atoms with Crippen molar-refractivity contribution in [2.24, 2.45) is 0 Å². The lowest BCUT2D eigenvalue weighted by molar-refractivity contribution is -0.384. The predicted molar refractivity (Wildman–Crippen MR) is 114 cm³/mol. The zero-order valence-corrected chi connectivity index (χ0v) is 19.1. The van der Waals surface area contributed by atoms with E-state index in [1.165, 1.54) is 47.2 Å². The molecule has 0 aliphatic carbocycles. The number of nitro groups is 1. The molecule has 1 fully saturated rings. The van der Waals surface area contributed by atoms with Crippen LogP contribution in [0, 0.1) is 17.0 Å². The Balaban J connectivity index is 1.72. The maximum Gasteiger partial charge on any atom is 0.340 e. The second-order valence-corrected chi connectivity index (χ2v) is 11.3. The number of nitro benzene ring substituents is 1. The number of hydrogen-bond acceptors (Lipinski definition) is 10. The van der Waals surface area contributed by atoms with Gasteiger partial charge in [-0.05, 0) is 19.4 Å². The fraction of sp³-hybridized carbons (Fsp3) is 0.389. The summed E-state index contributed by atoms with van der Waals surface area (Å²) in [5.41, 5.74) is 0.471. The summed E-state index contributed by atoms with van der Waals surface area (Å²) in [6, 6.07) is 3.35. The molecule has 1 atom stereocenters. The first-order valence-electron chi connectivity index (χ1n) is 9.07. The Labute approximate surface area is 186 Å². The maximum atomic E-state index is 12.6. The molecule has 3 rings (SSSR count). The molecule has 0 radical (unpaired) electrons. The van der Waals surface area contributed by atoms with Gasteiger partial charge >= 0.3 is 5.97 Å². The number of aromatic nitrogens is 1. The number of esters is 1. The summed E-state index contributed by atoms with van der Waals surface area (Å²) in [6.45, 7) is 1.22. The number of nitrogens with zero attached hydrogens (tertiary/aromatic N) is 3. The Bertz CT molecular complexity index is 1130. The molecule has 1 aromatic heterocycles. The summed E-state index contributed by atoms with van der Waals surface area (Å²) >= 11 is 2.53. The molecule has 2 aromatic rings. The van der Waals surface area contributed by atoms with Gasteiger partial charge in [-0.25, -0.2) is 18.2 Å². The van der Waals surface area contributed by atoms with E-state index in [0.717, 1.165) is 11.8 Å². The fourth-order valence-electron chi connectivity index (χ4n) is 2.94. The average molecular weight is 486 g/mol. The maximum absolute atomic E-state index is 12.6. The van der Waals surface area contributed by atoms with Crippen LogP contribution in [0.1, 0.15) is 22.5 Å². The smallest absolute Gasteiger partial charge is 0.340 e. The van der Waals surface area contributed by atoms with Crippen LogP contribution in [0.5, 0.6) is 0 Å². The number of amides is 1. The summed E-state index contributed by atoms with van der Waals surface area (Å²) < 4.78 is 29.0. The quantitative estimate of drug-likeness (QED) is 0.328. The van der Waals surface area contributed by atoms with Crippen LogP contribution in [0.3, 0.4) is 0 Å². The van der Waals surface area contributed by atoms with Crippen LogP contribution in [0.2, 0.25) is 0 Å². The van der Waals surface area contributed by atoms with Crippen LogP contribution >= 0.6 is 23.1 Å². The number of hydrogen-bond donors (Lipinski definition) is 0. The highest BCUT2D eigenvalue weighted by Crippen LogP contribution is 2.34. The van der Waals surface area contributed by atoms with E-state index in [0.29, 0.717) is 15.7 Å². The molecule has 0 N–H and O–H groups in total. The molecule has 1 amide bonds. The van der Waals surface area contributed by atoms with Crippen molar-refractivity contribution in [2.45, 2.75) is 28.6 Å². The summed E-state index contributed by atoms with van der Waals surface area (Å²) in [6.07, 6.45) is 0.331. The number of non-ortho nitro benzene ring substituents is 1. The number of rotatable bonds is 7. The molecule has 10 nitrogen and oxygen atoms in total. The van der Waals surface area contributed by atoms with Crippen LogP contribution in [-0.2, 0) is 19.4 Å². The first kappa shape index (κ1) is 23.2. The van der Waals surface area contributed by atoms with E-state index in [-0.39, 0.29) is 22.8 Å². The SMILES string of the molecule is Cc1csc(Sc2ccc([N+](=O)[O-])cc2C(=O)OCC(=O)N(C)[C@@H]2CCS(=O)(=O)C2)n1. The van der Waals surface area contributed by atoms with Crippen LogP contribution in [0.25, 0.3) is 0 Å². The molecule has 166 valence electrons. The van der Waals surface area contributed by atoms with Gasteiger partial charge in [-0.1, -0.05) is 11.8 Å². The van der Waals surface area contributed by atoms with Crippen molar-refractivity contribution in [3.8, 4) is 0 Å². The van der Waals surface area contributed by atoms with E-state index >= 15 is 0 Å². The summed E-state index contributed by atoms with van der Waals surface area (Å²) in [5.74, 6) is -1.55. The van der Waals surface area contributed by atoms with Gasteiger partial charge in [-0.15, -0.1) is 11.3 Å². The largest absolute Gasteiger partial charge is 0.452 e. The summed E-state index contributed by atoms with van der Waals surface area (Å²) in [5, 5.41) is 13.0. The predicted octanol–water partition coefficient (Wildman–Crippen LogP) is 2.31. The number of sulfone groups is 1. The Hall–Kier alpha value is -2.51. The minimum absolute atomic E-state index is 0.0135. The Morgan fingerprint density at radius 1 is 1.42 bits per heavy atom. The van der Waals surface area contributed by atoms with Gasteiger partial charge in [-0.2, -0.15) is 0 Å². The van der Waals surface area contributed by atoms with Crippen molar-refractivity contribution in [1.82, 2.24) is 9.88 Å². The van der Waals surface area contributed by atoms with Crippen molar-refractivity contribution in [3.63, 3.8) is 0 Å². The van der Waals surface area contributed by atoms with E-state index < -0.39 is 39.3 Å². The third-order valence-corrected chi connectivity index (χ3v) is 8.55. The number of aryl methyl sites for hydroxylation is 1. The molecule has 2 heterocycles. The van der Waals surface area contributed by atoms with Gasteiger partial charge in [0, 0.05) is 41.2 Å². The van der Waals surface area contributed by atoms with Gasteiger partial charge in [0.25, 0.3) is 11.6 Å². The van der Waals surface area contributed by atoms with Gasteiger partial charge in [0.2, 0.25) is 0 Å². The number of carbonyl (C=O) groups is 2. The van der Waals surface area contributed by atoms with Crippen LogP contribution in [0.15, 0.2) is 32.8 Å². The summed E-state index contributed by atoms with van der Waals surface area (Å²) in [4.78, 5) is 41.5. The van der Waals surface area contributed by atoms with Crippen molar-refractivity contribution in [3.05, 3.63) is 45.0 Å². The molecule has 0 bridgehead atoms. The molecule has 1 saturated heterocycles. The molecule has 0 saturated carbocycles. The molecule has 1 aliphatic rings. The average Bonchev–Trinajstić information content (AvgIpc) is 3.29. The minimum Gasteiger partial charge on any atom is -0.452 e. The number of benzene rings is 1. The van der Waals surface area contributed by atoms with Crippen LogP contribution < -0.4 is 0 Å². The molecule has 0 unspecified atom stereocenters. The number of carbonyl (C=O) groups excluding carboxylic acids is 2. The molecule has 13 heteroatoms. The summed E-state index contributed by atoms with van der Waals surface area (Å²) in [7, 11) is -1.71. The molecule has 1 aliphatic heterocycles. The third-order valence-electron chi connectivity index (χ3n) is 4.67. The second kappa shape index (κ2) is 9.32. The molecule has 31 heavy (non-hydrogen) atoms. The van der Waals surface area contributed by atoms with Gasteiger partial charge in [0.1, 0.15) is 0 Å². The van der Waals surface area contributed by atoms with E-state index in [4.69, 9.17) is 4.74 Å². The molecular weight excluding hydrogens is 466 g/mol. The highest BCUT2D eigenvalue weighted by molar-refractivity contribution is 8.01. The molecule has 1 aromatic carbocycles. The Morgan fingerprint density at radius 3 is 2.74 bits per heavy atom. The van der Waals surface area contributed by atoms with Crippen LogP contribution in [-0.4, -0.2) is 66.3 Å². The number of likely N-dealkylation sites (N-methyl/N-ethyl adjacent to an activating group) is 1. The van der Waals surface area contributed by atoms with Gasteiger partial charge in [-0.3, -0.25) is 14.9 Å². The molecular formula is C18H19N3O7S3. The number of ether oxygens (including phenoxy) is 1. The minimum atomic E-state index is -3.17. The highest BCUT2D eigenvalue weighted by Gasteiger charge is 2.33. The van der Waals surface area contributed by atoms with E-state index in [2.05, 4.69) is 4.98 Å². The van der Waals surface area contributed by atoms with E-state index in [1.807, 2.05) is 12.3 Å². The second-order valence-electron chi connectivity index (χ2n) is 6.93. The first-order valence-corrected chi connectivity index (χ1v) is 12.6. The van der Waals surface area contributed by atoms with E-state index in [9.17, 15) is 28.1 Å². The van der Waals surface area contributed by atoms with Crippen molar-refractivity contribution in [1.29, 1.82) is 0 Å². The van der Waals surface area contributed by atoms with Crippen molar-refractivity contribution >= 4 is 50.5 Å². The normalized spacial score (nSPS) is 17.3. The topological polar surface area (TPSA) is 137 Å². The Kier molecular flexibility index (Phi) is 6.96. The lowest BCUT2D eigenvalue weighted by Crippen LogP contribution is -2.40. The van der Waals surface area contributed by atoms with Crippen molar-refractivity contribution < 1.29 is 27.7 Å². The zero-order valence-electron chi connectivity index (χ0n) is 16.6. The van der Waals surface area contributed by atoms with Gasteiger partial charge in [0.15, 0.2) is 20.8 Å². The van der Waals surface area contributed by atoms with Gasteiger partial charge in [0.05, 0.1) is 22.0 Å². The zero-order chi connectivity index (χ0) is 22.8. The van der Waals surface area contributed by atoms with E-state index in [1.54, 1.807) is 0 Å². The number of thiazole rings is 1. The Morgan fingerprint density at radius 2 is 2.16 bits per heavy atom. The lowest BCUT2D eigenvalue weighted by Gasteiger charge is -2.23. The fourth-order valence-corrected chi connectivity index (χ4v) is 6.61. The van der Waals surface area contributed by atoms with Gasteiger partial charge < -0.3 is 9.64 Å².